The smallest absolute Gasteiger partial charge is 0.338 e. The van der Waals surface area contributed by atoms with Crippen LogP contribution >= 0.6 is 0 Å². The van der Waals surface area contributed by atoms with Gasteiger partial charge in [0, 0.05) is 12.2 Å². The Morgan fingerprint density at radius 3 is 2.84 bits per heavy atom. The highest BCUT2D eigenvalue weighted by Gasteiger charge is 2.10. The quantitative estimate of drug-likeness (QED) is 0.794. The fourth-order valence-electron chi connectivity index (χ4n) is 2.30. The normalized spacial score (nSPS) is 14.9. The molecule has 4 heteroatoms. The van der Waals surface area contributed by atoms with E-state index in [0.29, 0.717) is 5.69 Å². The molecule has 0 heterocycles. The predicted molar refractivity (Wildman–Crippen MR) is 73.0 cm³/mol. The van der Waals surface area contributed by atoms with Gasteiger partial charge in [-0.25, -0.2) is 9.18 Å². The third-order valence-corrected chi connectivity index (χ3v) is 3.36. The topological polar surface area (TPSA) is 49.3 Å². The van der Waals surface area contributed by atoms with Gasteiger partial charge in [-0.1, -0.05) is 11.6 Å². The monoisotopic (exact) mass is 263 g/mol. The molecule has 2 N–H and O–H groups in total. The van der Waals surface area contributed by atoms with E-state index in [1.165, 1.54) is 30.5 Å². The van der Waals surface area contributed by atoms with Gasteiger partial charge in [0.25, 0.3) is 0 Å². The summed E-state index contributed by atoms with van der Waals surface area (Å²) >= 11 is 0. The Morgan fingerprint density at radius 1 is 1.37 bits per heavy atom. The van der Waals surface area contributed by atoms with Gasteiger partial charge in [-0.3, -0.25) is 0 Å². The van der Waals surface area contributed by atoms with Crippen molar-refractivity contribution in [3.05, 3.63) is 41.2 Å². The van der Waals surface area contributed by atoms with Gasteiger partial charge in [0.15, 0.2) is 0 Å². The molecule has 0 unspecified atom stereocenters. The zero-order valence-corrected chi connectivity index (χ0v) is 10.8. The molecular formula is C15H18FNO2. The summed E-state index contributed by atoms with van der Waals surface area (Å²) < 4.78 is 13.5. The van der Waals surface area contributed by atoms with E-state index < -0.39 is 11.8 Å². The number of carboxylic acid groups (broad SMARTS) is 1. The summed E-state index contributed by atoms with van der Waals surface area (Å²) in [7, 11) is 0. The molecule has 3 nitrogen and oxygen atoms in total. The van der Waals surface area contributed by atoms with E-state index in [1.54, 1.807) is 6.07 Å². The number of halogens is 1. The number of carboxylic acids is 1. The second-order valence-electron chi connectivity index (χ2n) is 4.78. The molecule has 1 aromatic rings. The lowest BCUT2D eigenvalue weighted by atomic mass is 9.97. The zero-order chi connectivity index (χ0) is 13.7. The van der Waals surface area contributed by atoms with Crippen LogP contribution in [0.15, 0.2) is 29.8 Å². The van der Waals surface area contributed by atoms with E-state index in [9.17, 15) is 9.18 Å². The summed E-state index contributed by atoms with van der Waals surface area (Å²) in [5, 5.41) is 11.9. The molecule has 0 amide bonds. The number of rotatable bonds is 5. The first kappa shape index (κ1) is 13.6. The van der Waals surface area contributed by atoms with Gasteiger partial charge >= 0.3 is 5.97 Å². The van der Waals surface area contributed by atoms with Crippen LogP contribution in [0.4, 0.5) is 10.1 Å². The Kier molecular flexibility index (Phi) is 4.55. The van der Waals surface area contributed by atoms with Gasteiger partial charge in [0.2, 0.25) is 0 Å². The molecule has 0 radical (unpaired) electrons. The zero-order valence-electron chi connectivity index (χ0n) is 10.8. The van der Waals surface area contributed by atoms with E-state index >= 15 is 0 Å². The molecule has 102 valence electrons. The van der Waals surface area contributed by atoms with Crippen LogP contribution in [0.5, 0.6) is 0 Å². The fraction of sp³-hybridized carbons (Fsp3) is 0.400. The summed E-state index contributed by atoms with van der Waals surface area (Å²) in [6.45, 7) is 0.748. The summed E-state index contributed by atoms with van der Waals surface area (Å²) in [6.07, 6.45) is 8.11. The summed E-state index contributed by atoms with van der Waals surface area (Å²) in [4.78, 5) is 10.7. The van der Waals surface area contributed by atoms with Crippen LogP contribution in [0.1, 0.15) is 42.5 Å². The van der Waals surface area contributed by atoms with Crippen molar-refractivity contribution in [3.63, 3.8) is 0 Å². The minimum Gasteiger partial charge on any atom is -0.478 e. The van der Waals surface area contributed by atoms with Crippen LogP contribution in [0.2, 0.25) is 0 Å². The van der Waals surface area contributed by atoms with E-state index in [0.717, 1.165) is 25.8 Å². The van der Waals surface area contributed by atoms with Crippen molar-refractivity contribution in [1.82, 2.24) is 0 Å². The molecule has 1 aliphatic carbocycles. The molecule has 0 fully saturated rings. The Balaban J connectivity index is 1.87. The number of aromatic carboxylic acids is 1. The second-order valence-corrected chi connectivity index (χ2v) is 4.78. The van der Waals surface area contributed by atoms with Gasteiger partial charge in [-0.2, -0.15) is 0 Å². The van der Waals surface area contributed by atoms with Crippen LogP contribution in [-0.2, 0) is 0 Å². The number of carbonyl (C=O) groups is 1. The van der Waals surface area contributed by atoms with Crippen LogP contribution in [0.3, 0.4) is 0 Å². The van der Waals surface area contributed by atoms with Crippen LogP contribution in [0.25, 0.3) is 0 Å². The van der Waals surface area contributed by atoms with Gasteiger partial charge < -0.3 is 10.4 Å². The molecule has 1 aromatic carbocycles. The molecule has 0 saturated carbocycles. The van der Waals surface area contributed by atoms with E-state index in [2.05, 4.69) is 11.4 Å². The highest BCUT2D eigenvalue weighted by atomic mass is 19.1. The van der Waals surface area contributed by atoms with Crippen molar-refractivity contribution in [2.45, 2.75) is 32.1 Å². The van der Waals surface area contributed by atoms with Crippen molar-refractivity contribution >= 4 is 11.7 Å². The van der Waals surface area contributed by atoms with Crippen molar-refractivity contribution in [2.75, 3.05) is 11.9 Å². The molecule has 0 aliphatic heterocycles. The Hall–Kier alpha value is -1.84. The Morgan fingerprint density at radius 2 is 2.21 bits per heavy atom. The minimum absolute atomic E-state index is 0.291. The van der Waals surface area contributed by atoms with E-state index in [1.807, 2.05) is 0 Å². The first-order chi connectivity index (χ1) is 9.16. The number of hydrogen-bond acceptors (Lipinski definition) is 2. The predicted octanol–water partition coefficient (Wildman–Crippen LogP) is 3.83. The Bertz CT molecular complexity index is 497. The third kappa shape index (κ3) is 3.81. The first-order valence-electron chi connectivity index (χ1n) is 6.61. The number of anilines is 1. The van der Waals surface area contributed by atoms with Gasteiger partial charge in [-0.15, -0.1) is 0 Å². The van der Waals surface area contributed by atoms with Gasteiger partial charge in [0.05, 0.1) is 5.56 Å². The molecule has 0 bridgehead atoms. The number of hydrogen-bond donors (Lipinski definition) is 2. The number of nitrogens with one attached hydrogen (secondary N) is 1. The summed E-state index contributed by atoms with van der Waals surface area (Å²) in [5.41, 5.74) is 1.79. The molecule has 0 saturated heterocycles. The van der Waals surface area contributed by atoms with Crippen LogP contribution in [-0.4, -0.2) is 17.6 Å². The highest BCUT2D eigenvalue weighted by Crippen LogP contribution is 2.20. The lowest BCUT2D eigenvalue weighted by Crippen LogP contribution is -2.06. The van der Waals surface area contributed by atoms with E-state index in [-0.39, 0.29) is 5.56 Å². The first-order valence-corrected chi connectivity index (χ1v) is 6.61. The lowest BCUT2D eigenvalue weighted by Gasteiger charge is -2.13. The van der Waals surface area contributed by atoms with Gasteiger partial charge in [0.1, 0.15) is 5.82 Å². The maximum absolute atomic E-state index is 13.5. The molecule has 19 heavy (non-hydrogen) atoms. The van der Waals surface area contributed by atoms with Crippen LogP contribution in [0, 0.1) is 5.82 Å². The minimum atomic E-state index is -1.24. The number of benzene rings is 1. The van der Waals surface area contributed by atoms with Gasteiger partial charge in [-0.05, 0) is 50.3 Å². The molecule has 0 spiro atoms. The molecular weight excluding hydrogens is 245 g/mol. The van der Waals surface area contributed by atoms with Crippen molar-refractivity contribution in [3.8, 4) is 0 Å². The average molecular weight is 263 g/mol. The summed E-state index contributed by atoms with van der Waals surface area (Å²) in [5.74, 6) is -1.94. The molecule has 1 aliphatic rings. The molecule has 0 atom stereocenters. The lowest BCUT2D eigenvalue weighted by molar-refractivity contribution is 0.0692. The SMILES string of the molecule is O=C(O)c1ccc(NCCC2=CCCCC2)cc1F. The maximum Gasteiger partial charge on any atom is 0.338 e. The standard InChI is InChI=1S/C15H18FNO2/c16-14-10-12(6-7-13(14)15(18)19)17-9-8-11-4-2-1-3-5-11/h4,6-7,10,17H,1-3,5,8-9H2,(H,18,19). The van der Waals surface area contributed by atoms with Crippen molar-refractivity contribution < 1.29 is 14.3 Å². The molecule has 2 rings (SSSR count). The Labute approximate surface area is 112 Å². The maximum atomic E-state index is 13.5. The molecule has 0 aromatic heterocycles. The average Bonchev–Trinajstić information content (AvgIpc) is 2.39. The van der Waals surface area contributed by atoms with Crippen molar-refractivity contribution in [1.29, 1.82) is 0 Å². The third-order valence-electron chi connectivity index (χ3n) is 3.36. The van der Waals surface area contributed by atoms with Crippen LogP contribution < -0.4 is 5.32 Å². The summed E-state index contributed by atoms with van der Waals surface area (Å²) in [6, 6.07) is 4.13. The van der Waals surface area contributed by atoms with E-state index in [4.69, 9.17) is 5.11 Å². The van der Waals surface area contributed by atoms with Crippen molar-refractivity contribution in [2.24, 2.45) is 0 Å². The number of allylic oxidation sites excluding steroid dienone is 1. The largest absolute Gasteiger partial charge is 0.478 e. The second kappa shape index (κ2) is 6.36. The highest BCUT2D eigenvalue weighted by molar-refractivity contribution is 5.88. The fourth-order valence-corrected chi connectivity index (χ4v) is 2.30.